The minimum Gasteiger partial charge on any atom is -0.377 e. The molecule has 0 aliphatic carbocycles. The zero-order chi connectivity index (χ0) is 9.68. The SMILES string of the molecule is CCCOCc1cccc(C)c1C. The zero-order valence-electron chi connectivity index (χ0n) is 8.76. The highest BCUT2D eigenvalue weighted by molar-refractivity contribution is 5.32. The quantitative estimate of drug-likeness (QED) is 0.643. The van der Waals surface area contributed by atoms with Gasteiger partial charge < -0.3 is 4.74 Å². The molecule has 13 heavy (non-hydrogen) atoms. The Kier molecular flexibility index (Phi) is 3.97. The Morgan fingerprint density at radius 2 is 2.00 bits per heavy atom. The van der Waals surface area contributed by atoms with Gasteiger partial charge in [0.2, 0.25) is 0 Å². The number of aryl methyl sites for hydroxylation is 1. The second-order valence-electron chi connectivity index (χ2n) is 3.41. The molecule has 1 aromatic carbocycles. The van der Waals surface area contributed by atoms with Gasteiger partial charge in [-0.15, -0.1) is 0 Å². The maximum atomic E-state index is 5.50. The first-order chi connectivity index (χ1) is 6.25. The van der Waals surface area contributed by atoms with E-state index in [1.165, 1.54) is 16.7 Å². The van der Waals surface area contributed by atoms with Gasteiger partial charge in [0.15, 0.2) is 0 Å². The second kappa shape index (κ2) is 5.03. The van der Waals surface area contributed by atoms with E-state index in [2.05, 4.69) is 39.0 Å². The zero-order valence-corrected chi connectivity index (χ0v) is 8.76. The van der Waals surface area contributed by atoms with E-state index >= 15 is 0 Å². The van der Waals surface area contributed by atoms with Gasteiger partial charge in [0.05, 0.1) is 6.61 Å². The smallest absolute Gasteiger partial charge is 0.0719 e. The van der Waals surface area contributed by atoms with Gasteiger partial charge in [-0.3, -0.25) is 0 Å². The summed E-state index contributed by atoms with van der Waals surface area (Å²) in [6.07, 6.45) is 1.09. The van der Waals surface area contributed by atoms with Gasteiger partial charge in [-0.1, -0.05) is 25.1 Å². The Morgan fingerprint density at radius 3 is 2.69 bits per heavy atom. The molecule has 0 aliphatic heterocycles. The summed E-state index contributed by atoms with van der Waals surface area (Å²) in [7, 11) is 0. The Bertz CT molecular complexity index is 266. The summed E-state index contributed by atoms with van der Waals surface area (Å²) in [5.74, 6) is 0. The summed E-state index contributed by atoms with van der Waals surface area (Å²) in [6.45, 7) is 8.02. The second-order valence-corrected chi connectivity index (χ2v) is 3.41. The number of ether oxygens (including phenoxy) is 1. The van der Waals surface area contributed by atoms with Crippen molar-refractivity contribution in [3.63, 3.8) is 0 Å². The van der Waals surface area contributed by atoms with Crippen molar-refractivity contribution >= 4 is 0 Å². The van der Waals surface area contributed by atoms with Crippen LogP contribution in [-0.4, -0.2) is 6.61 Å². The minimum absolute atomic E-state index is 0.751. The summed E-state index contributed by atoms with van der Waals surface area (Å²) in [4.78, 5) is 0. The molecule has 0 saturated carbocycles. The first-order valence-electron chi connectivity index (χ1n) is 4.88. The average Bonchev–Trinajstić information content (AvgIpc) is 2.13. The van der Waals surface area contributed by atoms with Gasteiger partial charge in [-0.2, -0.15) is 0 Å². The monoisotopic (exact) mass is 178 g/mol. The van der Waals surface area contributed by atoms with Crippen molar-refractivity contribution in [2.45, 2.75) is 33.8 Å². The van der Waals surface area contributed by atoms with E-state index in [0.29, 0.717) is 0 Å². The molecule has 0 saturated heterocycles. The molecule has 0 amide bonds. The molecule has 1 nitrogen and oxygen atoms in total. The highest BCUT2D eigenvalue weighted by Gasteiger charge is 1.99. The standard InChI is InChI=1S/C12H18O/c1-4-8-13-9-12-7-5-6-10(2)11(12)3/h5-7H,4,8-9H2,1-3H3. The first kappa shape index (κ1) is 10.3. The van der Waals surface area contributed by atoms with Crippen molar-refractivity contribution in [1.82, 2.24) is 0 Å². The van der Waals surface area contributed by atoms with Crippen LogP contribution < -0.4 is 0 Å². The maximum Gasteiger partial charge on any atom is 0.0719 e. The lowest BCUT2D eigenvalue weighted by Crippen LogP contribution is -1.97. The van der Waals surface area contributed by atoms with Crippen LogP contribution in [0.25, 0.3) is 0 Å². The van der Waals surface area contributed by atoms with Crippen LogP contribution >= 0.6 is 0 Å². The fourth-order valence-electron chi connectivity index (χ4n) is 1.29. The Labute approximate surface area is 80.7 Å². The third-order valence-corrected chi connectivity index (χ3v) is 2.32. The fourth-order valence-corrected chi connectivity index (χ4v) is 1.29. The Morgan fingerprint density at radius 1 is 1.23 bits per heavy atom. The van der Waals surface area contributed by atoms with Gasteiger partial charge in [0, 0.05) is 6.61 Å². The molecule has 1 heteroatoms. The molecule has 1 aromatic rings. The van der Waals surface area contributed by atoms with Crippen molar-refractivity contribution in [2.75, 3.05) is 6.61 Å². The van der Waals surface area contributed by atoms with Crippen molar-refractivity contribution in [3.8, 4) is 0 Å². The number of benzene rings is 1. The van der Waals surface area contributed by atoms with Gasteiger partial charge in [0.1, 0.15) is 0 Å². The summed E-state index contributed by atoms with van der Waals surface area (Å²) in [5, 5.41) is 0. The topological polar surface area (TPSA) is 9.23 Å². The van der Waals surface area contributed by atoms with Crippen LogP contribution in [0.3, 0.4) is 0 Å². The van der Waals surface area contributed by atoms with E-state index in [1.54, 1.807) is 0 Å². The number of hydrogen-bond donors (Lipinski definition) is 0. The predicted molar refractivity (Wildman–Crippen MR) is 55.9 cm³/mol. The Hall–Kier alpha value is -0.820. The van der Waals surface area contributed by atoms with E-state index in [-0.39, 0.29) is 0 Å². The molecular weight excluding hydrogens is 160 g/mol. The van der Waals surface area contributed by atoms with Crippen molar-refractivity contribution in [1.29, 1.82) is 0 Å². The van der Waals surface area contributed by atoms with Crippen LogP contribution in [0.5, 0.6) is 0 Å². The third-order valence-electron chi connectivity index (χ3n) is 2.32. The van der Waals surface area contributed by atoms with Crippen molar-refractivity contribution < 1.29 is 4.74 Å². The molecule has 0 N–H and O–H groups in total. The molecule has 1 rings (SSSR count). The van der Waals surface area contributed by atoms with Crippen molar-refractivity contribution in [2.24, 2.45) is 0 Å². The predicted octanol–water partition coefficient (Wildman–Crippen LogP) is 3.23. The first-order valence-corrected chi connectivity index (χ1v) is 4.88. The largest absolute Gasteiger partial charge is 0.377 e. The van der Waals surface area contributed by atoms with Gasteiger partial charge >= 0.3 is 0 Å². The normalized spacial score (nSPS) is 10.4. The van der Waals surface area contributed by atoms with Crippen LogP contribution in [-0.2, 0) is 11.3 Å². The molecule has 0 heterocycles. The fraction of sp³-hybridized carbons (Fsp3) is 0.500. The average molecular weight is 178 g/mol. The molecule has 0 bridgehead atoms. The van der Waals surface area contributed by atoms with Crippen LogP contribution in [0.2, 0.25) is 0 Å². The molecule has 0 fully saturated rings. The molecule has 0 atom stereocenters. The maximum absolute atomic E-state index is 5.50. The van der Waals surface area contributed by atoms with Gasteiger partial charge in [-0.25, -0.2) is 0 Å². The molecule has 0 aromatic heterocycles. The van der Waals surface area contributed by atoms with Gasteiger partial charge in [-0.05, 0) is 37.0 Å². The van der Waals surface area contributed by atoms with Crippen LogP contribution in [0, 0.1) is 13.8 Å². The highest BCUT2D eigenvalue weighted by Crippen LogP contribution is 2.13. The summed E-state index contributed by atoms with van der Waals surface area (Å²) >= 11 is 0. The molecule has 72 valence electrons. The van der Waals surface area contributed by atoms with E-state index in [1.807, 2.05) is 0 Å². The van der Waals surface area contributed by atoms with Crippen molar-refractivity contribution in [3.05, 3.63) is 34.9 Å². The number of hydrogen-bond acceptors (Lipinski definition) is 1. The summed E-state index contributed by atoms with van der Waals surface area (Å²) in [5.41, 5.74) is 4.02. The molecule has 0 spiro atoms. The molecular formula is C12H18O. The molecule has 0 radical (unpaired) electrons. The Balaban J connectivity index is 2.61. The van der Waals surface area contributed by atoms with E-state index < -0.39 is 0 Å². The van der Waals surface area contributed by atoms with Crippen LogP contribution in [0.4, 0.5) is 0 Å². The third kappa shape index (κ3) is 2.85. The van der Waals surface area contributed by atoms with E-state index in [0.717, 1.165) is 19.6 Å². The summed E-state index contributed by atoms with van der Waals surface area (Å²) < 4.78 is 5.50. The molecule has 0 unspecified atom stereocenters. The highest BCUT2D eigenvalue weighted by atomic mass is 16.5. The lowest BCUT2D eigenvalue weighted by molar-refractivity contribution is 0.121. The summed E-state index contributed by atoms with van der Waals surface area (Å²) in [6, 6.07) is 6.36. The van der Waals surface area contributed by atoms with Crippen LogP contribution in [0.15, 0.2) is 18.2 Å². The molecule has 0 aliphatic rings. The number of rotatable bonds is 4. The lowest BCUT2D eigenvalue weighted by atomic mass is 10.0. The van der Waals surface area contributed by atoms with E-state index in [9.17, 15) is 0 Å². The minimum atomic E-state index is 0.751. The van der Waals surface area contributed by atoms with Crippen LogP contribution in [0.1, 0.15) is 30.0 Å². The lowest BCUT2D eigenvalue weighted by Gasteiger charge is -2.08. The van der Waals surface area contributed by atoms with Gasteiger partial charge in [0.25, 0.3) is 0 Å². The van der Waals surface area contributed by atoms with E-state index in [4.69, 9.17) is 4.74 Å².